The lowest BCUT2D eigenvalue weighted by Crippen LogP contribution is -2.29. The van der Waals surface area contributed by atoms with Crippen LogP contribution < -0.4 is 5.32 Å². The molecule has 0 aliphatic carbocycles. The van der Waals surface area contributed by atoms with E-state index >= 15 is 0 Å². The molecule has 0 aliphatic heterocycles. The van der Waals surface area contributed by atoms with Gasteiger partial charge in [-0.3, -0.25) is 0 Å². The molecule has 0 bridgehead atoms. The monoisotopic (exact) mass is 334 g/mol. The highest BCUT2D eigenvalue weighted by atomic mass is 79.9. The number of sulfonamides is 1. The molecule has 0 amide bonds. The highest BCUT2D eigenvalue weighted by Gasteiger charge is 2.20. The molecule has 0 aromatic heterocycles. The molecule has 4 nitrogen and oxygen atoms in total. The third kappa shape index (κ3) is 3.78. The molecular weight excluding hydrogens is 316 g/mol. The van der Waals surface area contributed by atoms with Gasteiger partial charge in [0.25, 0.3) is 0 Å². The Bertz CT molecular complexity index is 503. The summed E-state index contributed by atoms with van der Waals surface area (Å²) in [5.74, 6) is 0. The zero-order chi connectivity index (χ0) is 13.8. The van der Waals surface area contributed by atoms with E-state index in [9.17, 15) is 8.42 Å². The molecular formula is C12H19BrN2O2S. The van der Waals surface area contributed by atoms with Crippen LogP contribution in [0.1, 0.15) is 12.0 Å². The minimum Gasteiger partial charge on any atom is -0.320 e. The maximum atomic E-state index is 12.3. The van der Waals surface area contributed by atoms with Gasteiger partial charge in [0.1, 0.15) is 0 Å². The fourth-order valence-corrected chi connectivity index (χ4v) is 3.10. The second-order valence-corrected chi connectivity index (χ2v) is 7.09. The van der Waals surface area contributed by atoms with Crippen molar-refractivity contribution >= 4 is 26.0 Å². The molecule has 6 heteroatoms. The van der Waals surface area contributed by atoms with Crippen molar-refractivity contribution in [2.75, 3.05) is 27.2 Å². The fraction of sp³-hybridized carbons (Fsp3) is 0.500. The van der Waals surface area contributed by atoms with Crippen molar-refractivity contribution in [1.82, 2.24) is 9.62 Å². The molecule has 1 N–H and O–H groups in total. The van der Waals surface area contributed by atoms with Crippen molar-refractivity contribution in [3.63, 3.8) is 0 Å². The summed E-state index contributed by atoms with van der Waals surface area (Å²) < 4.78 is 26.9. The second kappa shape index (κ2) is 6.65. The van der Waals surface area contributed by atoms with E-state index < -0.39 is 10.0 Å². The Balaban J connectivity index is 2.88. The summed E-state index contributed by atoms with van der Waals surface area (Å²) in [6.07, 6.45) is 0.793. The van der Waals surface area contributed by atoms with E-state index in [0.717, 1.165) is 23.0 Å². The van der Waals surface area contributed by atoms with E-state index in [1.54, 1.807) is 25.2 Å². The normalized spacial score (nSPS) is 12.1. The summed E-state index contributed by atoms with van der Waals surface area (Å²) in [7, 11) is 0.0932. The molecule has 1 aromatic rings. The van der Waals surface area contributed by atoms with E-state index in [1.807, 2.05) is 14.0 Å². The summed E-state index contributed by atoms with van der Waals surface area (Å²) >= 11 is 3.37. The number of hydrogen-bond acceptors (Lipinski definition) is 3. The highest BCUT2D eigenvalue weighted by Crippen LogP contribution is 2.22. The van der Waals surface area contributed by atoms with Crippen LogP contribution in [-0.4, -0.2) is 39.9 Å². The molecule has 1 aromatic carbocycles. The first-order valence-corrected chi connectivity index (χ1v) is 8.00. The average Bonchev–Trinajstić information content (AvgIpc) is 2.32. The Labute approximate surface area is 118 Å². The van der Waals surface area contributed by atoms with Gasteiger partial charge in [0, 0.05) is 18.1 Å². The van der Waals surface area contributed by atoms with Crippen molar-refractivity contribution in [3.05, 3.63) is 28.2 Å². The van der Waals surface area contributed by atoms with Crippen LogP contribution in [0.3, 0.4) is 0 Å². The van der Waals surface area contributed by atoms with Gasteiger partial charge in [0.2, 0.25) is 10.0 Å². The van der Waals surface area contributed by atoms with Gasteiger partial charge in [-0.15, -0.1) is 0 Å². The summed E-state index contributed by atoms with van der Waals surface area (Å²) in [5, 5.41) is 3.00. The molecule has 0 aliphatic rings. The van der Waals surface area contributed by atoms with Gasteiger partial charge >= 0.3 is 0 Å². The molecule has 0 saturated heterocycles. The van der Waals surface area contributed by atoms with Crippen LogP contribution in [0.25, 0.3) is 0 Å². The molecule has 1 rings (SSSR count). The highest BCUT2D eigenvalue weighted by molar-refractivity contribution is 9.10. The zero-order valence-corrected chi connectivity index (χ0v) is 13.3. The fourth-order valence-electron chi connectivity index (χ4n) is 1.56. The van der Waals surface area contributed by atoms with Crippen LogP contribution in [0, 0.1) is 6.92 Å². The molecule has 0 radical (unpaired) electrons. The van der Waals surface area contributed by atoms with Crippen LogP contribution in [0.2, 0.25) is 0 Å². The van der Waals surface area contributed by atoms with Crippen LogP contribution >= 0.6 is 15.9 Å². The van der Waals surface area contributed by atoms with Gasteiger partial charge in [-0.1, -0.05) is 15.9 Å². The minimum absolute atomic E-state index is 0.343. The number of hydrogen-bond donors (Lipinski definition) is 1. The van der Waals surface area contributed by atoms with Crippen molar-refractivity contribution in [1.29, 1.82) is 0 Å². The van der Waals surface area contributed by atoms with Gasteiger partial charge in [-0.25, -0.2) is 12.7 Å². The standard InChI is InChI=1S/C12H19BrN2O2S/c1-10-9-11(5-6-12(10)13)18(16,17)15(3)8-4-7-14-2/h5-6,9,14H,4,7-8H2,1-3H3. The SMILES string of the molecule is CNCCCN(C)S(=O)(=O)c1ccc(Br)c(C)c1. The van der Waals surface area contributed by atoms with Gasteiger partial charge < -0.3 is 5.32 Å². The molecule has 0 heterocycles. The van der Waals surface area contributed by atoms with E-state index in [0.29, 0.717) is 11.4 Å². The first kappa shape index (κ1) is 15.6. The van der Waals surface area contributed by atoms with Crippen molar-refractivity contribution < 1.29 is 8.42 Å². The molecule has 102 valence electrons. The van der Waals surface area contributed by atoms with Gasteiger partial charge in [0.05, 0.1) is 4.90 Å². The largest absolute Gasteiger partial charge is 0.320 e. The summed E-state index contributed by atoms with van der Waals surface area (Å²) in [6, 6.07) is 5.08. The smallest absolute Gasteiger partial charge is 0.242 e. The van der Waals surface area contributed by atoms with E-state index in [2.05, 4.69) is 21.2 Å². The minimum atomic E-state index is -3.37. The Morgan fingerprint density at radius 2 is 2.06 bits per heavy atom. The first-order chi connectivity index (χ1) is 8.39. The van der Waals surface area contributed by atoms with E-state index in [4.69, 9.17) is 0 Å². The summed E-state index contributed by atoms with van der Waals surface area (Å²) in [6.45, 7) is 3.20. The maximum absolute atomic E-state index is 12.3. The van der Waals surface area contributed by atoms with Gasteiger partial charge in [-0.2, -0.15) is 0 Å². The Hall–Kier alpha value is -0.430. The topological polar surface area (TPSA) is 49.4 Å². The number of halogens is 1. The molecule has 0 unspecified atom stereocenters. The second-order valence-electron chi connectivity index (χ2n) is 4.19. The van der Waals surface area contributed by atoms with Crippen LogP contribution in [0.15, 0.2) is 27.6 Å². The van der Waals surface area contributed by atoms with E-state index in [-0.39, 0.29) is 0 Å². The number of benzene rings is 1. The molecule has 0 fully saturated rings. The summed E-state index contributed by atoms with van der Waals surface area (Å²) in [4.78, 5) is 0.343. The number of nitrogens with one attached hydrogen (secondary N) is 1. The van der Waals surface area contributed by atoms with E-state index in [1.165, 1.54) is 4.31 Å². The quantitative estimate of drug-likeness (QED) is 0.809. The van der Waals surface area contributed by atoms with Crippen molar-refractivity contribution in [3.8, 4) is 0 Å². The lowest BCUT2D eigenvalue weighted by atomic mass is 10.2. The number of nitrogens with zero attached hydrogens (tertiary/aromatic N) is 1. The van der Waals surface area contributed by atoms with Crippen molar-refractivity contribution in [2.45, 2.75) is 18.2 Å². The lowest BCUT2D eigenvalue weighted by Gasteiger charge is -2.17. The molecule has 0 atom stereocenters. The lowest BCUT2D eigenvalue weighted by molar-refractivity contribution is 0.458. The van der Waals surface area contributed by atoms with Crippen LogP contribution in [0.4, 0.5) is 0 Å². The molecule has 0 spiro atoms. The Morgan fingerprint density at radius 3 is 2.61 bits per heavy atom. The summed E-state index contributed by atoms with van der Waals surface area (Å²) in [5.41, 5.74) is 0.916. The molecule has 18 heavy (non-hydrogen) atoms. The first-order valence-electron chi connectivity index (χ1n) is 5.76. The number of rotatable bonds is 6. The van der Waals surface area contributed by atoms with Crippen LogP contribution in [0.5, 0.6) is 0 Å². The van der Waals surface area contributed by atoms with Gasteiger partial charge in [-0.05, 0) is 50.7 Å². The zero-order valence-electron chi connectivity index (χ0n) is 10.9. The maximum Gasteiger partial charge on any atom is 0.242 e. The number of aryl methyl sites for hydroxylation is 1. The predicted molar refractivity (Wildman–Crippen MR) is 77.2 cm³/mol. The Kier molecular flexibility index (Phi) is 5.78. The van der Waals surface area contributed by atoms with Crippen molar-refractivity contribution in [2.24, 2.45) is 0 Å². The average molecular weight is 335 g/mol. The Morgan fingerprint density at radius 1 is 1.39 bits per heavy atom. The third-order valence-electron chi connectivity index (χ3n) is 2.74. The van der Waals surface area contributed by atoms with Crippen LogP contribution in [-0.2, 0) is 10.0 Å². The molecule has 0 saturated carbocycles. The predicted octanol–water partition coefficient (Wildman–Crippen LogP) is 1.99. The van der Waals surface area contributed by atoms with Gasteiger partial charge in [0.15, 0.2) is 0 Å². The third-order valence-corrected chi connectivity index (χ3v) is 5.48.